The molecule has 1 atom stereocenters. The molecule has 11 heteroatoms. The number of imidazole rings is 1. The first-order valence-electron chi connectivity index (χ1n) is 13.3. The number of hydrogen-bond donors (Lipinski definition) is 3. The molecule has 3 aromatic carbocycles. The molecule has 0 aliphatic carbocycles. The van der Waals surface area contributed by atoms with Crippen LogP contribution in [0.1, 0.15) is 35.7 Å². The topological polar surface area (TPSA) is 96.5 Å². The van der Waals surface area contributed by atoms with Crippen LogP contribution in [-0.4, -0.2) is 47.9 Å². The van der Waals surface area contributed by atoms with Gasteiger partial charge in [0.15, 0.2) is 11.6 Å². The molecule has 0 saturated heterocycles. The molecular weight excluding hydrogens is 567 g/mol. The van der Waals surface area contributed by atoms with E-state index in [0.717, 1.165) is 30.2 Å². The second-order valence-electron chi connectivity index (χ2n) is 10.0. The number of benzene rings is 3. The molecule has 6 rings (SSSR count). The molecule has 2 aliphatic heterocycles. The van der Waals surface area contributed by atoms with E-state index in [1.54, 1.807) is 12.5 Å². The number of aliphatic hydroxyl groups excluding tert-OH is 1. The second kappa shape index (κ2) is 12.1. The number of hydrogen-bond acceptors (Lipinski definition) is 7. The third kappa shape index (κ3) is 5.00. The molecule has 1 aromatic heterocycles. The van der Waals surface area contributed by atoms with Gasteiger partial charge >= 0.3 is 0 Å². The average Bonchev–Trinajstić information content (AvgIpc) is 3.70. The van der Waals surface area contributed by atoms with Crippen LogP contribution in [0.25, 0.3) is 11.4 Å². The van der Waals surface area contributed by atoms with Crippen molar-refractivity contribution in [2.24, 2.45) is 0 Å². The number of thioether (sulfide) groups is 1. The van der Waals surface area contributed by atoms with Crippen LogP contribution in [0.3, 0.4) is 0 Å². The number of aromatic amines is 1. The standard InChI is InChI=1S/C30H26F3N3O3S.CH4O/c1-30(10-13-38-26-16(9-12-37)4-3-5-20(26)30)22-15-35-29(36-22)19-14-17(6-7-21(19)31)39-27-24(33)23(32)25-18(8-11-34-25)28(27)40-2;1-2/h3-7,12,14-15,34H,8-11,13H2,1-2H3,(H,35,36);2H,1H3/t30-;/m0./s1. The van der Waals surface area contributed by atoms with Crippen molar-refractivity contribution >= 4 is 23.7 Å². The number of para-hydroxylation sites is 1. The number of aliphatic hydroxyl groups is 1. The minimum absolute atomic E-state index is 0.128. The van der Waals surface area contributed by atoms with E-state index in [4.69, 9.17) is 14.6 Å². The summed E-state index contributed by atoms with van der Waals surface area (Å²) in [6, 6.07) is 9.73. The highest BCUT2D eigenvalue weighted by molar-refractivity contribution is 7.98. The molecule has 0 fully saturated rings. The molecule has 7 nitrogen and oxygen atoms in total. The van der Waals surface area contributed by atoms with Crippen molar-refractivity contribution < 1.29 is 32.5 Å². The zero-order valence-electron chi connectivity index (χ0n) is 23.3. The number of aromatic nitrogens is 2. The first kappa shape index (κ1) is 29.5. The van der Waals surface area contributed by atoms with Gasteiger partial charge in [0.25, 0.3) is 0 Å². The summed E-state index contributed by atoms with van der Waals surface area (Å²) in [5.41, 5.74) is 2.92. The Kier molecular flexibility index (Phi) is 8.51. The first-order chi connectivity index (χ1) is 20.4. The summed E-state index contributed by atoms with van der Waals surface area (Å²) in [6.45, 7) is 3.01. The number of H-pyrrole nitrogens is 1. The van der Waals surface area contributed by atoms with Gasteiger partial charge < -0.3 is 29.7 Å². The van der Waals surface area contributed by atoms with Crippen molar-refractivity contribution in [3.63, 3.8) is 0 Å². The highest BCUT2D eigenvalue weighted by atomic mass is 32.2. The van der Waals surface area contributed by atoms with E-state index in [9.17, 15) is 9.18 Å². The van der Waals surface area contributed by atoms with Crippen LogP contribution >= 0.6 is 11.8 Å². The van der Waals surface area contributed by atoms with Crippen LogP contribution in [0.4, 0.5) is 18.9 Å². The molecule has 0 saturated carbocycles. The lowest BCUT2D eigenvalue weighted by molar-refractivity contribution is -0.107. The minimum atomic E-state index is -1.09. The number of halogens is 3. The molecule has 2 aliphatic rings. The van der Waals surface area contributed by atoms with Gasteiger partial charge in [-0.25, -0.2) is 13.8 Å². The Hall–Kier alpha value is -3.96. The fourth-order valence-corrected chi connectivity index (χ4v) is 6.32. The van der Waals surface area contributed by atoms with E-state index in [1.165, 1.54) is 30.0 Å². The summed E-state index contributed by atoms with van der Waals surface area (Å²) < 4.78 is 56.7. The largest absolute Gasteiger partial charge is 0.493 e. The molecule has 42 heavy (non-hydrogen) atoms. The van der Waals surface area contributed by atoms with E-state index in [-0.39, 0.29) is 35.0 Å². The lowest BCUT2D eigenvalue weighted by Crippen LogP contribution is -2.32. The van der Waals surface area contributed by atoms with E-state index in [1.807, 2.05) is 18.2 Å². The van der Waals surface area contributed by atoms with Gasteiger partial charge in [-0.05, 0) is 49.8 Å². The molecule has 3 heterocycles. The number of fused-ring (bicyclic) bond motifs is 2. The predicted octanol–water partition coefficient (Wildman–Crippen LogP) is 6.41. The van der Waals surface area contributed by atoms with Crippen molar-refractivity contribution in [1.82, 2.24) is 9.97 Å². The number of nitrogens with one attached hydrogen (secondary N) is 2. The molecular formula is C31H30F3N3O4S. The molecule has 0 unspecified atom stereocenters. The monoisotopic (exact) mass is 597 g/mol. The van der Waals surface area contributed by atoms with Crippen LogP contribution in [0.15, 0.2) is 47.5 Å². The number of ether oxygens (including phenoxy) is 2. The maximum Gasteiger partial charge on any atom is 0.204 e. The van der Waals surface area contributed by atoms with Crippen LogP contribution in [-0.2, 0) is 23.1 Å². The number of aldehydes is 1. The van der Waals surface area contributed by atoms with Crippen LogP contribution < -0.4 is 14.8 Å². The van der Waals surface area contributed by atoms with E-state index in [0.29, 0.717) is 42.2 Å². The first-order valence-corrected chi connectivity index (χ1v) is 14.6. The third-order valence-electron chi connectivity index (χ3n) is 7.70. The SMILES string of the molecule is CO.CSc1c2c(c(F)c(F)c1Oc1ccc(F)c(-c3ncc([C@@]4(C)CCOc5c(CC=O)cccc54)[nH]3)c1)NCC2. The third-order valence-corrected chi connectivity index (χ3v) is 8.54. The van der Waals surface area contributed by atoms with Crippen molar-refractivity contribution in [3.05, 3.63) is 82.4 Å². The summed E-state index contributed by atoms with van der Waals surface area (Å²) in [7, 11) is 1.00. The summed E-state index contributed by atoms with van der Waals surface area (Å²) in [4.78, 5) is 19.4. The second-order valence-corrected chi connectivity index (χ2v) is 10.8. The van der Waals surface area contributed by atoms with E-state index >= 15 is 8.78 Å². The molecule has 0 spiro atoms. The highest BCUT2D eigenvalue weighted by Crippen LogP contribution is 2.46. The lowest BCUT2D eigenvalue weighted by Gasteiger charge is -2.35. The Bertz CT molecular complexity index is 1640. The maximum absolute atomic E-state index is 15.1. The Morgan fingerprint density at radius 1 is 1.19 bits per heavy atom. The summed E-state index contributed by atoms with van der Waals surface area (Å²) in [5, 5.41) is 9.89. The Morgan fingerprint density at radius 2 is 2.00 bits per heavy atom. The maximum atomic E-state index is 15.1. The molecule has 220 valence electrons. The van der Waals surface area contributed by atoms with Gasteiger partial charge in [0.1, 0.15) is 29.4 Å². The fraction of sp³-hybridized carbons (Fsp3) is 0.290. The number of nitrogens with zero attached hydrogens (tertiary/aromatic N) is 1. The van der Waals surface area contributed by atoms with Crippen LogP contribution in [0, 0.1) is 17.5 Å². The van der Waals surface area contributed by atoms with Gasteiger partial charge in [0.2, 0.25) is 5.82 Å². The quantitative estimate of drug-likeness (QED) is 0.167. The Balaban J connectivity index is 0.00000173. The van der Waals surface area contributed by atoms with Gasteiger partial charge in [-0.15, -0.1) is 11.8 Å². The van der Waals surface area contributed by atoms with Crippen molar-refractivity contribution in [2.45, 2.75) is 36.5 Å². The fourth-order valence-electron chi connectivity index (χ4n) is 5.55. The molecule has 0 radical (unpaired) electrons. The minimum Gasteiger partial charge on any atom is -0.493 e. The predicted molar refractivity (Wildman–Crippen MR) is 155 cm³/mol. The van der Waals surface area contributed by atoms with Gasteiger partial charge in [0.05, 0.1) is 22.8 Å². The van der Waals surface area contributed by atoms with E-state index < -0.39 is 22.9 Å². The van der Waals surface area contributed by atoms with Crippen LogP contribution in [0.5, 0.6) is 17.2 Å². The molecule has 0 amide bonds. The lowest BCUT2D eigenvalue weighted by atomic mass is 9.74. The van der Waals surface area contributed by atoms with Gasteiger partial charge in [-0.3, -0.25) is 0 Å². The van der Waals surface area contributed by atoms with Crippen LogP contribution in [0.2, 0.25) is 0 Å². The smallest absolute Gasteiger partial charge is 0.204 e. The summed E-state index contributed by atoms with van der Waals surface area (Å²) >= 11 is 1.27. The van der Waals surface area contributed by atoms with Crippen molar-refractivity contribution in [3.8, 4) is 28.6 Å². The van der Waals surface area contributed by atoms with Gasteiger partial charge in [-0.1, -0.05) is 18.2 Å². The van der Waals surface area contributed by atoms with Gasteiger partial charge in [0, 0.05) is 48.5 Å². The number of anilines is 1. The molecule has 4 aromatic rings. The zero-order chi connectivity index (χ0) is 30.0. The number of carbonyl (C=O) groups excluding carboxylic acids is 1. The van der Waals surface area contributed by atoms with Crippen molar-refractivity contribution in [1.29, 1.82) is 0 Å². The normalized spacial score (nSPS) is 16.8. The number of carbonyl (C=O) groups is 1. The highest BCUT2D eigenvalue weighted by Gasteiger charge is 2.38. The molecule has 3 N–H and O–H groups in total. The van der Waals surface area contributed by atoms with Crippen molar-refractivity contribution in [2.75, 3.05) is 31.8 Å². The zero-order valence-corrected chi connectivity index (χ0v) is 24.1. The molecule has 0 bridgehead atoms. The Morgan fingerprint density at radius 3 is 2.76 bits per heavy atom. The summed E-state index contributed by atoms with van der Waals surface area (Å²) in [6.07, 6.45) is 5.72. The summed E-state index contributed by atoms with van der Waals surface area (Å²) in [5.74, 6) is -1.74. The van der Waals surface area contributed by atoms with Gasteiger partial charge in [-0.2, -0.15) is 4.39 Å². The average molecular weight is 598 g/mol. The number of rotatable bonds is 7. The Labute approximate surface area is 245 Å². The van der Waals surface area contributed by atoms with E-state index in [2.05, 4.69) is 22.2 Å².